The number of amides is 2. The molecule has 1 aliphatic heterocycles. The molecule has 4 heteroatoms. The third kappa shape index (κ3) is 3.09. The summed E-state index contributed by atoms with van der Waals surface area (Å²) in [4.78, 5) is 26.6. The number of hydrogen-bond acceptors (Lipinski definition) is 2. The number of hydrogen-bond donors (Lipinski definition) is 1. The van der Waals surface area contributed by atoms with Crippen LogP contribution in [0.4, 0.5) is 0 Å². The fraction of sp³-hybridized carbons (Fsp3) is 0.529. The Bertz CT molecular complexity index is 558. The van der Waals surface area contributed by atoms with Crippen molar-refractivity contribution in [1.82, 2.24) is 10.2 Å². The molecule has 1 atom stereocenters. The van der Waals surface area contributed by atoms with Crippen LogP contribution in [0.15, 0.2) is 18.2 Å². The zero-order valence-corrected chi connectivity index (χ0v) is 13.5. The number of nitrogens with one attached hydrogen (secondary N) is 1. The molecule has 4 nitrogen and oxygen atoms in total. The van der Waals surface area contributed by atoms with Crippen molar-refractivity contribution in [1.29, 1.82) is 0 Å². The van der Waals surface area contributed by atoms with Crippen molar-refractivity contribution in [3.8, 4) is 0 Å². The predicted molar refractivity (Wildman–Crippen MR) is 82.8 cm³/mol. The Morgan fingerprint density at radius 1 is 1.14 bits per heavy atom. The average Bonchev–Trinajstić information content (AvgIpc) is 2.34. The molecule has 0 spiro atoms. The number of carbonyl (C=O) groups excluding carboxylic acids is 2. The van der Waals surface area contributed by atoms with E-state index in [0.29, 0.717) is 13.0 Å². The summed E-state index contributed by atoms with van der Waals surface area (Å²) in [6.07, 6.45) is 0.623. The van der Waals surface area contributed by atoms with Gasteiger partial charge in [0, 0.05) is 6.54 Å². The van der Waals surface area contributed by atoms with Gasteiger partial charge in [0.2, 0.25) is 11.8 Å². The van der Waals surface area contributed by atoms with Crippen molar-refractivity contribution in [2.45, 2.75) is 59.2 Å². The maximum Gasteiger partial charge on any atom is 0.248 e. The highest BCUT2D eigenvalue weighted by Gasteiger charge is 2.44. The Morgan fingerprint density at radius 2 is 1.71 bits per heavy atom. The van der Waals surface area contributed by atoms with E-state index in [1.807, 2.05) is 20.8 Å². The molecule has 1 N–H and O–H groups in total. The van der Waals surface area contributed by atoms with Gasteiger partial charge in [-0.3, -0.25) is 9.59 Å². The lowest BCUT2D eigenvalue weighted by Crippen LogP contribution is -2.67. The lowest BCUT2D eigenvalue weighted by Gasteiger charge is -2.42. The second-order valence-electron chi connectivity index (χ2n) is 6.47. The molecule has 1 aromatic carbocycles. The maximum atomic E-state index is 12.6. The van der Waals surface area contributed by atoms with Gasteiger partial charge in [-0.15, -0.1) is 0 Å². The largest absolute Gasteiger partial charge is 0.340 e. The van der Waals surface area contributed by atoms with Crippen LogP contribution in [0, 0.1) is 13.8 Å². The SMILES string of the molecule is CCC1C(=O)NC(C)(C)C(=O)N1Cc1cc(C)cc(C)c1. The van der Waals surface area contributed by atoms with E-state index in [-0.39, 0.29) is 17.9 Å². The predicted octanol–water partition coefficient (Wildman–Crippen LogP) is 2.32. The van der Waals surface area contributed by atoms with Crippen LogP contribution in [0.2, 0.25) is 0 Å². The summed E-state index contributed by atoms with van der Waals surface area (Å²) < 4.78 is 0. The smallest absolute Gasteiger partial charge is 0.248 e. The molecule has 0 saturated carbocycles. The van der Waals surface area contributed by atoms with E-state index in [0.717, 1.165) is 5.56 Å². The van der Waals surface area contributed by atoms with Crippen molar-refractivity contribution in [3.05, 3.63) is 34.9 Å². The molecule has 1 saturated heterocycles. The maximum absolute atomic E-state index is 12.6. The summed E-state index contributed by atoms with van der Waals surface area (Å²) in [5, 5.41) is 2.81. The molecule has 2 amide bonds. The van der Waals surface area contributed by atoms with E-state index in [1.165, 1.54) is 11.1 Å². The first-order valence-corrected chi connectivity index (χ1v) is 7.45. The number of nitrogens with zero attached hydrogens (tertiary/aromatic N) is 1. The van der Waals surface area contributed by atoms with Crippen LogP contribution < -0.4 is 5.32 Å². The van der Waals surface area contributed by atoms with Crippen LogP contribution >= 0.6 is 0 Å². The Morgan fingerprint density at radius 3 is 2.24 bits per heavy atom. The van der Waals surface area contributed by atoms with Crippen LogP contribution in [-0.4, -0.2) is 28.3 Å². The Hall–Kier alpha value is -1.84. The van der Waals surface area contributed by atoms with Gasteiger partial charge in [-0.05, 0) is 39.7 Å². The van der Waals surface area contributed by atoms with Gasteiger partial charge in [0.15, 0.2) is 0 Å². The molecule has 1 fully saturated rings. The zero-order chi connectivity index (χ0) is 15.8. The van der Waals surface area contributed by atoms with Crippen LogP contribution in [0.1, 0.15) is 43.9 Å². The number of aryl methyl sites for hydroxylation is 2. The second kappa shape index (κ2) is 5.51. The van der Waals surface area contributed by atoms with Gasteiger partial charge in [-0.1, -0.05) is 36.2 Å². The minimum absolute atomic E-state index is 0.0203. The van der Waals surface area contributed by atoms with Gasteiger partial charge in [0.25, 0.3) is 0 Å². The van der Waals surface area contributed by atoms with Crippen LogP contribution in [0.25, 0.3) is 0 Å². The first-order chi connectivity index (χ1) is 9.74. The Kier molecular flexibility index (Phi) is 4.08. The molecular weight excluding hydrogens is 264 g/mol. The van der Waals surface area contributed by atoms with E-state index >= 15 is 0 Å². The molecule has 1 aliphatic rings. The molecule has 0 aromatic heterocycles. The lowest BCUT2D eigenvalue weighted by atomic mass is 9.94. The third-order valence-electron chi connectivity index (χ3n) is 3.93. The zero-order valence-electron chi connectivity index (χ0n) is 13.5. The van der Waals surface area contributed by atoms with E-state index in [9.17, 15) is 9.59 Å². The fourth-order valence-electron chi connectivity index (χ4n) is 3.03. The van der Waals surface area contributed by atoms with Crippen LogP contribution in [0.5, 0.6) is 0 Å². The molecule has 0 radical (unpaired) electrons. The quantitative estimate of drug-likeness (QED) is 0.928. The Balaban J connectivity index is 2.33. The van der Waals surface area contributed by atoms with E-state index in [4.69, 9.17) is 0 Å². The lowest BCUT2D eigenvalue weighted by molar-refractivity contribution is -0.154. The van der Waals surface area contributed by atoms with E-state index in [1.54, 1.807) is 18.7 Å². The highest BCUT2D eigenvalue weighted by molar-refractivity contribution is 5.99. The molecule has 114 valence electrons. The monoisotopic (exact) mass is 288 g/mol. The van der Waals surface area contributed by atoms with Gasteiger partial charge in [0.1, 0.15) is 11.6 Å². The average molecular weight is 288 g/mol. The number of rotatable bonds is 3. The van der Waals surface area contributed by atoms with Crippen molar-refractivity contribution < 1.29 is 9.59 Å². The molecule has 0 bridgehead atoms. The summed E-state index contributed by atoms with van der Waals surface area (Å²) in [7, 11) is 0. The molecule has 2 rings (SSSR count). The van der Waals surface area contributed by atoms with Crippen LogP contribution in [-0.2, 0) is 16.1 Å². The van der Waals surface area contributed by atoms with Gasteiger partial charge in [-0.2, -0.15) is 0 Å². The van der Waals surface area contributed by atoms with Crippen molar-refractivity contribution in [2.75, 3.05) is 0 Å². The molecule has 0 aliphatic carbocycles. The first-order valence-electron chi connectivity index (χ1n) is 7.45. The normalized spacial score (nSPS) is 21.4. The summed E-state index contributed by atoms with van der Waals surface area (Å²) in [6, 6.07) is 5.88. The summed E-state index contributed by atoms with van der Waals surface area (Å²) >= 11 is 0. The molecule has 1 unspecified atom stereocenters. The van der Waals surface area contributed by atoms with Crippen molar-refractivity contribution in [2.24, 2.45) is 0 Å². The molecule has 1 heterocycles. The van der Waals surface area contributed by atoms with Gasteiger partial charge in [-0.25, -0.2) is 0 Å². The number of benzene rings is 1. The highest BCUT2D eigenvalue weighted by atomic mass is 16.2. The number of piperazine rings is 1. The second-order valence-corrected chi connectivity index (χ2v) is 6.47. The number of carbonyl (C=O) groups is 2. The molecular formula is C17H24N2O2. The van der Waals surface area contributed by atoms with E-state index in [2.05, 4.69) is 23.5 Å². The first kappa shape index (κ1) is 15.5. The topological polar surface area (TPSA) is 49.4 Å². The highest BCUT2D eigenvalue weighted by Crippen LogP contribution is 2.23. The summed E-state index contributed by atoms with van der Waals surface area (Å²) in [5.74, 6) is -0.0837. The standard InChI is InChI=1S/C17H24N2O2/c1-6-14-15(20)18-17(4,5)16(21)19(14)10-13-8-11(2)7-12(3)9-13/h7-9,14H,6,10H2,1-5H3,(H,18,20). The Labute approximate surface area is 126 Å². The van der Waals surface area contributed by atoms with Crippen LogP contribution in [0.3, 0.4) is 0 Å². The van der Waals surface area contributed by atoms with Gasteiger partial charge < -0.3 is 10.2 Å². The summed E-state index contributed by atoms with van der Waals surface area (Å²) in [5.41, 5.74) is 2.59. The third-order valence-corrected chi connectivity index (χ3v) is 3.93. The minimum Gasteiger partial charge on any atom is -0.340 e. The van der Waals surface area contributed by atoms with Gasteiger partial charge >= 0.3 is 0 Å². The van der Waals surface area contributed by atoms with Crippen molar-refractivity contribution in [3.63, 3.8) is 0 Å². The molecule has 21 heavy (non-hydrogen) atoms. The minimum atomic E-state index is -0.832. The van der Waals surface area contributed by atoms with Gasteiger partial charge in [0.05, 0.1) is 0 Å². The fourth-order valence-corrected chi connectivity index (χ4v) is 3.03. The molecule has 1 aromatic rings. The summed E-state index contributed by atoms with van der Waals surface area (Å²) in [6.45, 7) is 10.0. The van der Waals surface area contributed by atoms with E-state index < -0.39 is 5.54 Å². The van der Waals surface area contributed by atoms with Crippen molar-refractivity contribution >= 4 is 11.8 Å².